The van der Waals surface area contributed by atoms with E-state index in [9.17, 15) is 5.11 Å². The van der Waals surface area contributed by atoms with Crippen molar-refractivity contribution in [3.05, 3.63) is 24.3 Å². The van der Waals surface area contributed by atoms with Gasteiger partial charge < -0.3 is 9.84 Å². The van der Waals surface area contributed by atoms with E-state index in [2.05, 4.69) is 4.90 Å². The number of ether oxygens (including phenoxy) is 1. The van der Waals surface area contributed by atoms with Gasteiger partial charge in [-0.2, -0.15) is 0 Å². The van der Waals surface area contributed by atoms with Crippen LogP contribution < -0.4 is 4.74 Å². The predicted molar refractivity (Wildman–Crippen MR) is 149 cm³/mol. The predicted octanol–water partition coefficient (Wildman–Crippen LogP) is 9.28. The lowest BCUT2D eigenvalue weighted by molar-refractivity contribution is 0.0339. The minimum absolute atomic E-state index is 0.280. The molecular weight excluding hydrogens is 430 g/mol. The number of hydrogen-bond acceptors (Lipinski definition) is 3. The molecule has 0 amide bonds. The molecule has 0 aliphatic carbocycles. The van der Waals surface area contributed by atoms with Gasteiger partial charge in [-0.3, -0.25) is 4.90 Å². The fourth-order valence-electron chi connectivity index (χ4n) is 6.14. The second-order valence-electron chi connectivity index (χ2n) is 11.5. The summed E-state index contributed by atoms with van der Waals surface area (Å²) in [5, 5.41) is 9.64. The van der Waals surface area contributed by atoms with E-state index in [1.54, 1.807) is 12.1 Å². The summed E-state index contributed by atoms with van der Waals surface area (Å²) in [5.74, 6) is 1.88. The normalized spacial score (nSPS) is 27.9. The maximum atomic E-state index is 9.64. The number of rotatable bonds is 2. The van der Waals surface area contributed by atoms with Crippen molar-refractivity contribution in [1.29, 1.82) is 0 Å². The van der Waals surface area contributed by atoms with E-state index in [1.807, 2.05) is 12.1 Å². The molecule has 0 spiro atoms. The van der Waals surface area contributed by atoms with Gasteiger partial charge in [0.1, 0.15) is 17.6 Å². The van der Waals surface area contributed by atoms with Gasteiger partial charge in [0.15, 0.2) is 0 Å². The van der Waals surface area contributed by atoms with Crippen LogP contribution in [0.25, 0.3) is 0 Å². The summed E-state index contributed by atoms with van der Waals surface area (Å²) in [6, 6.07) is 7.34. The number of aromatic hydroxyl groups is 1. The molecule has 3 unspecified atom stereocenters. The van der Waals surface area contributed by atoms with E-state index in [4.69, 9.17) is 4.74 Å². The first-order chi connectivity index (χ1) is 17.3. The molecule has 35 heavy (non-hydrogen) atoms. The molecule has 200 valence electrons. The van der Waals surface area contributed by atoms with Crippen molar-refractivity contribution >= 4 is 0 Å². The van der Waals surface area contributed by atoms with Crippen molar-refractivity contribution in [2.24, 2.45) is 5.92 Å². The number of phenols is 1. The van der Waals surface area contributed by atoms with Gasteiger partial charge in [0, 0.05) is 6.54 Å². The molecule has 0 aromatic heterocycles. The van der Waals surface area contributed by atoms with Crippen LogP contribution in [-0.4, -0.2) is 35.7 Å². The Balaban J connectivity index is 1.45. The van der Waals surface area contributed by atoms with E-state index in [0.717, 1.165) is 12.3 Å². The second kappa shape index (κ2) is 18.1. The van der Waals surface area contributed by atoms with Gasteiger partial charge in [0.05, 0.1) is 0 Å². The lowest BCUT2D eigenvalue weighted by Crippen LogP contribution is -2.47. The minimum atomic E-state index is 0.280. The monoisotopic (exact) mass is 485 g/mol. The highest BCUT2D eigenvalue weighted by Gasteiger charge is 2.30. The first-order valence-electron chi connectivity index (χ1n) is 15.5. The SMILES string of the molecule is Oc1ccc(OC2CN3CCCCCCCCCCCCCCCCCCCCCC2CC3)cc1. The van der Waals surface area contributed by atoms with Crippen LogP contribution in [-0.2, 0) is 0 Å². The minimum Gasteiger partial charge on any atom is -0.508 e. The molecule has 3 aliphatic heterocycles. The zero-order valence-corrected chi connectivity index (χ0v) is 22.7. The number of benzene rings is 1. The third-order valence-corrected chi connectivity index (χ3v) is 8.45. The molecule has 1 aromatic carbocycles. The maximum absolute atomic E-state index is 9.64. The molecule has 3 saturated heterocycles. The average Bonchev–Trinajstić information content (AvgIpc) is 2.87. The van der Waals surface area contributed by atoms with Crippen molar-refractivity contribution in [3.63, 3.8) is 0 Å². The van der Waals surface area contributed by atoms with Crippen LogP contribution in [0.2, 0.25) is 0 Å². The van der Waals surface area contributed by atoms with Crippen molar-refractivity contribution < 1.29 is 9.84 Å². The van der Waals surface area contributed by atoms with Gasteiger partial charge in [0.2, 0.25) is 0 Å². The van der Waals surface area contributed by atoms with Crippen molar-refractivity contribution in [1.82, 2.24) is 4.90 Å². The summed E-state index contributed by atoms with van der Waals surface area (Å²) in [7, 11) is 0. The van der Waals surface area contributed by atoms with E-state index in [0.29, 0.717) is 11.7 Å². The van der Waals surface area contributed by atoms with E-state index in [1.165, 1.54) is 148 Å². The zero-order chi connectivity index (χ0) is 24.4. The highest BCUT2D eigenvalue weighted by molar-refractivity contribution is 5.30. The molecule has 2 bridgehead atoms. The third-order valence-electron chi connectivity index (χ3n) is 8.45. The van der Waals surface area contributed by atoms with Gasteiger partial charge >= 0.3 is 0 Å². The summed E-state index contributed by atoms with van der Waals surface area (Å²) in [6.07, 6.45) is 29.9. The smallest absolute Gasteiger partial charge is 0.120 e. The summed E-state index contributed by atoms with van der Waals surface area (Å²) < 4.78 is 6.52. The first-order valence-corrected chi connectivity index (χ1v) is 15.5. The van der Waals surface area contributed by atoms with Gasteiger partial charge in [-0.25, -0.2) is 0 Å². The van der Waals surface area contributed by atoms with Crippen molar-refractivity contribution in [2.75, 3.05) is 19.6 Å². The molecule has 4 rings (SSSR count). The van der Waals surface area contributed by atoms with Gasteiger partial charge in [-0.15, -0.1) is 0 Å². The summed E-state index contributed by atoms with van der Waals surface area (Å²) in [5.41, 5.74) is 0. The molecule has 0 saturated carbocycles. The molecule has 3 atom stereocenters. The highest BCUT2D eigenvalue weighted by Crippen LogP contribution is 2.29. The number of hydrogen-bond donors (Lipinski definition) is 1. The van der Waals surface area contributed by atoms with Crippen LogP contribution in [0.3, 0.4) is 0 Å². The molecule has 3 aliphatic rings. The largest absolute Gasteiger partial charge is 0.508 e. The Labute approximate surface area is 217 Å². The Kier molecular flexibility index (Phi) is 14.7. The topological polar surface area (TPSA) is 32.7 Å². The Morgan fingerprint density at radius 1 is 0.543 bits per heavy atom. The summed E-state index contributed by atoms with van der Waals surface area (Å²) in [6.45, 7) is 3.52. The summed E-state index contributed by atoms with van der Waals surface area (Å²) >= 11 is 0. The van der Waals surface area contributed by atoms with E-state index in [-0.39, 0.29) is 6.10 Å². The number of phenolic OH excluding ortho intramolecular Hbond substituents is 1. The zero-order valence-electron chi connectivity index (χ0n) is 22.7. The first kappa shape index (κ1) is 28.4. The maximum Gasteiger partial charge on any atom is 0.120 e. The Hall–Kier alpha value is -1.22. The van der Waals surface area contributed by atoms with Crippen LogP contribution >= 0.6 is 0 Å². The van der Waals surface area contributed by atoms with Crippen molar-refractivity contribution in [2.45, 2.75) is 141 Å². The third kappa shape index (κ3) is 12.5. The van der Waals surface area contributed by atoms with Crippen LogP contribution in [0, 0.1) is 5.92 Å². The fourth-order valence-corrected chi connectivity index (χ4v) is 6.14. The summed E-state index contributed by atoms with van der Waals surface area (Å²) in [4.78, 5) is 2.66. The van der Waals surface area contributed by atoms with E-state index < -0.39 is 0 Å². The van der Waals surface area contributed by atoms with Crippen LogP contribution in [0.5, 0.6) is 11.5 Å². The van der Waals surface area contributed by atoms with Crippen LogP contribution in [0.15, 0.2) is 24.3 Å². The highest BCUT2D eigenvalue weighted by atomic mass is 16.5. The average molecular weight is 486 g/mol. The van der Waals surface area contributed by atoms with Gasteiger partial charge in [-0.05, 0) is 62.5 Å². The molecule has 1 aromatic rings. The van der Waals surface area contributed by atoms with Crippen LogP contribution in [0.1, 0.15) is 135 Å². The van der Waals surface area contributed by atoms with Crippen molar-refractivity contribution in [3.8, 4) is 11.5 Å². The Morgan fingerprint density at radius 2 is 1.00 bits per heavy atom. The second-order valence-corrected chi connectivity index (χ2v) is 11.5. The number of piperidine rings is 1. The standard InChI is InChI=1S/C32H55NO2/c34-30-21-23-31(24-22-30)35-32-28-33-26-19-17-15-13-11-9-7-5-3-1-2-4-6-8-10-12-14-16-18-20-29(32)25-27-33/h21-24,29,32,34H,1-20,25-28H2. The number of fused-ring (bicyclic) bond motifs is 22. The number of nitrogens with zero attached hydrogens (tertiary/aromatic N) is 1. The molecule has 3 heteroatoms. The molecule has 1 N–H and O–H groups in total. The molecular formula is C32H55NO2. The molecule has 3 nitrogen and oxygen atoms in total. The Bertz CT molecular complexity index is 627. The fraction of sp³-hybridized carbons (Fsp3) is 0.812. The lowest BCUT2D eigenvalue weighted by atomic mass is 9.88. The quantitative estimate of drug-likeness (QED) is 0.453. The Morgan fingerprint density at radius 3 is 1.51 bits per heavy atom. The lowest BCUT2D eigenvalue weighted by Gasteiger charge is -2.38. The van der Waals surface area contributed by atoms with E-state index >= 15 is 0 Å². The van der Waals surface area contributed by atoms with Gasteiger partial charge in [0.25, 0.3) is 0 Å². The van der Waals surface area contributed by atoms with Crippen LogP contribution in [0.4, 0.5) is 0 Å². The molecule has 0 radical (unpaired) electrons. The molecule has 3 fully saturated rings. The van der Waals surface area contributed by atoms with Gasteiger partial charge in [-0.1, -0.05) is 116 Å². The molecule has 3 heterocycles.